The van der Waals surface area contributed by atoms with Crippen molar-refractivity contribution < 1.29 is 9.53 Å². The van der Waals surface area contributed by atoms with Gasteiger partial charge in [0.05, 0.1) is 18.7 Å². The Labute approximate surface area is 94.0 Å². The molecule has 2 rings (SSSR count). The van der Waals surface area contributed by atoms with E-state index in [0.717, 1.165) is 0 Å². The molecule has 0 unspecified atom stereocenters. The van der Waals surface area contributed by atoms with Gasteiger partial charge >= 0.3 is 0 Å². The van der Waals surface area contributed by atoms with Crippen molar-refractivity contribution in [1.82, 2.24) is 14.7 Å². The van der Waals surface area contributed by atoms with E-state index in [4.69, 9.17) is 10.5 Å². The van der Waals surface area contributed by atoms with Gasteiger partial charge in [-0.25, -0.2) is 0 Å². The summed E-state index contributed by atoms with van der Waals surface area (Å²) >= 11 is 0. The molecule has 1 aliphatic rings. The minimum absolute atomic E-state index is 0.0181. The summed E-state index contributed by atoms with van der Waals surface area (Å²) in [5.74, 6) is -0.0447. The molecule has 0 saturated carbocycles. The van der Waals surface area contributed by atoms with Crippen molar-refractivity contribution in [1.29, 1.82) is 0 Å². The first-order valence-corrected chi connectivity index (χ1v) is 5.26. The van der Waals surface area contributed by atoms with Gasteiger partial charge in [-0.1, -0.05) is 0 Å². The summed E-state index contributed by atoms with van der Waals surface area (Å²) in [5, 5.41) is 4.18. The predicted octanol–water partition coefficient (Wildman–Crippen LogP) is -0.760. The second-order valence-corrected chi connectivity index (χ2v) is 3.83. The molecule has 0 aromatic carbocycles. The Hall–Kier alpha value is -1.40. The molecule has 1 amide bonds. The molecule has 1 aliphatic heterocycles. The number of hydrogen-bond acceptors (Lipinski definition) is 4. The van der Waals surface area contributed by atoms with Crippen molar-refractivity contribution in [2.45, 2.75) is 12.1 Å². The van der Waals surface area contributed by atoms with Crippen LogP contribution in [0.25, 0.3) is 0 Å². The molecule has 0 radical (unpaired) electrons. The zero-order chi connectivity index (χ0) is 11.5. The number of methoxy groups -OCH3 is 1. The summed E-state index contributed by atoms with van der Waals surface area (Å²) in [6.07, 6.45) is 3.59. The van der Waals surface area contributed by atoms with Crippen molar-refractivity contribution in [2.24, 2.45) is 5.73 Å². The second kappa shape index (κ2) is 4.63. The van der Waals surface area contributed by atoms with E-state index in [2.05, 4.69) is 5.10 Å². The zero-order valence-electron chi connectivity index (χ0n) is 9.24. The minimum Gasteiger partial charge on any atom is -0.377 e. The van der Waals surface area contributed by atoms with E-state index in [1.807, 2.05) is 16.9 Å². The molecule has 1 aromatic heterocycles. The third-order valence-corrected chi connectivity index (χ3v) is 2.93. The Bertz CT molecular complexity index is 352. The minimum atomic E-state index is -0.0447. The Morgan fingerprint density at radius 3 is 3.00 bits per heavy atom. The van der Waals surface area contributed by atoms with E-state index in [1.165, 1.54) is 0 Å². The van der Waals surface area contributed by atoms with E-state index in [-0.39, 0.29) is 24.6 Å². The highest BCUT2D eigenvalue weighted by molar-refractivity contribution is 5.78. The molecule has 2 heterocycles. The molecular formula is C10H16N4O2. The Balaban J connectivity index is 2.11. The predicted molar refractivity (Wildman–Crippen MR) is 57.7 cm³/mol. The number of amides is 1. The maximum absolute atomic E-state index is 11.5. The molecule has 16 heavy (non-hydrogen) atoms. The van der Waals surface area contributed by atoms with E-state index >= 15 is 0 Å². The number of nitrogens with two attached hydrogens (primary N) is 1. The van der Waals surface area contributed by atoms with Crippen LogP contribution in [-0.2, 0) is 9.53 Å². The lowest BCUT2D eigenvalue weighted by atomic mass is 10.2. The van der Waals surface area contributed by atoms with Crippen molar-refractivity contribution in [3.63, 3.8) is 0 Å². The van der Waals surface area contributed by atoms with Gasteiger partial charge < -0.3 is 15.4 Å². The van der Waals surface area contributed by atoms with Crippen LogP contribution in [0.2, 0.25) is 0 Å². The third-order valence-electron chi connectivity index (χ3n) is 2.93. The van der Waals surface area contributed by atoms with Crippen LogP contribution in [0.15, 0.2) is 18.5 Å². The number of rotatable bonds is 3. The van der Waals surface area contributed by atoms with Gasteiger partial charge in [0, 0.05) is 32.6 Å². The van der Waals surface area contributed by atoms with Crippen LogP contribution < -0.4 is 5.73 Å². The van der Waals surface area contributed by atoms with Crippen LogP contribution in [0, 0.1) is 0 Å². The average Bonchev–Trinajstić information content (AvgIpc) is 2.95. The number of hydrogen-bond donors (Lipinski definition) is 1. The van der Waals surface area contributed by atoms with E-state index < -0.39 is 0 Å². The number of aromatic nitrogens is 2. The van der Waals surface area contributed by atoms with Gasteiger partial charge in [-0.15, -0.1) is 0 Å². The number of carbonyl (C=O) groups excluding carboxylic acids is 1. The van der Waals surface area contributed by atoms with Crippen molar-refractivity contribution in [2.75, 3.05) is 26.7 Å². The van der Waals surface area contributed by atoms with Crippen LogP contribution in [0.4, 0.5) is 0 Å². The van der Waals surface area contributed by atoms with E-state index in [9.17, 15) is 4.79 Å². The molecule has 88 valence electrons. The maximum Gasteiger partial charge on any atom is 0.236 e. The summed E-state index contributed by atoms with van der Waals surface area (Å²) in [7, 11) is 1.65. The van der Waals surface area contributed by atoms with Gasteiger partial charge in [0.2, 0.25) is 5.91 Å². The molecule has 1 fully saturated rings. The van der Waals surface area contributed by atoms with Crippen LogP contribution >= 0.6 is 0 Å². The van der Waals surface area contributed by atoms with Gasteiger partial charge in [-0.05, 0) is 6.07 Å². The molecule has 2 atom stereocenters. The average molecular weight is 224 g/mol. The summed E-state index contributed by atoms with van der Waals surface area (Å²) < 4.78 is 7.21. The number of likely N-dealkylation sites (tertiary alicyclic amines) is 1. The van der Waals surface area contributed by atoms with Crippen molar-refractivity contribution in [3.8, 4) is 0 Å². The van der Waals surface area contributed by atoms with E-state index in [1.54, 1.807) is 18.2 Å². The van der Waals surface area contributed by atoms with E-state index in [0.29, 0.717) is 13.1 Å². The summed E-state index contributed by atoms with van der Waals surface area (Å²) in [6, 6.07) is 1.94. The van der Waals surface area contributed by atoms with Gasteiger partial charge in [-0.2, -0.15) is 5.10 Å². The Kier molecular flexibility index (Phi) is 3.21. The fourth-order valence-corrected chi connectivity index (χ4v) is 2.05. The zero-order valence-corrected chi connectivity index (χ0v) is 9.24. The molecule has 0 spiro atoms. The molecule has 6 heteroatoms. The highest BCUT2D eigenvalue weighted by Gasteiger charge is 2.36. The summed E-state index contributed by atoms with van der Waals surface area (Å²) in [6.45, 7) is 1.23. The first-order chi connectivity index (χ1) is 7.76. The molecule has 1 saturated heterocycles. The SMILES string of the molecule is CO[C@H]1CN(C(=O)CN)C[C@@H]1n1cccn1. The first kappa shape index (κ1) is 11.1. The molecule has 2 N–H and O–H groups in total. The fraction of sp³-hybridized carbons (Fsp3) is 0.600. The highest BCUT2D eigenvalue weighted by atomic mass is 16.5. The van der Waals surface area contributed by atoms with Crippen molar-refractivity contribution in [3.05, 3.63) is 18.5 Å². The molecule has 0 aliphatic carbocycles. The fourth-order valence-electron chi connectivity index (χ4n) is 2.05. The summed E-state index contributed by atoms with van der Waals surface area (Å²) in [4.78, 5) is 13.2. The monoisotopic (exact) mass is 224 g/mol. The third kappa shape index (κ3) is 1.94. The van der Waals surface area contributed by atoms with Crippen molar-refractivity contribution >= 4 is 5.91 Å². The van der Waals surface area contributed by atoms with Crippen LogP contribution in [0.5, 0.6) is 0 Å². The normalized spacial score (nSPS) is 25.0. The van der Waals surface area contributed by atoms with Crippen LogP contribution in [-0.4, -0.2) is 53.4 Å². The Morgan fingerprint density at radius 1 is 1.62 bits per heavy atom. The number of ether oxygens (including phenoxy) is 1. The molecule has 0 bridgehead atoms. The second-order valence-electron chi connectivity index (χ2n) is 3.83. The van der Waals surface area contributed by atoms with Gasteiger partial charge in [0.1, 0.15) is 0 Å². The van der Waals surface area contributed by atoms with Crippen LogP contribution in [0.3, 0.4) is 0 Å². The summed E-state index contributed by atoms with van der Waals surface area (Å²) in [5.41, 5.74) is 5.35. The molecule has 1 aromatic rings. The number of nitrogens with zero attached hydrogens (tertiary/aromatic N) is 3. The first-order valence-electron chi connectivity index (χ1n) is 5.26. The largest absolute Gasteiger partial charge is 0.377 e. The highest BCUT2D eigenvalue weighted by Crippen LogP contribution is 2.23. The lowest BCUT2D eigenvalue weighted by Gasteiger charge is -2.16. The lowest BCUT2D eigenvalue weighted by molar-refractivity contribution is -0.129. The smallest absolute Gasteiger partial charge is 0.236 e. The lowest BCUT2D eigenvalue weighted by Crippen LogP contribution is -2.34. The van der Waals surface area contributed by atoms with Gasteiger partial charge in [-0.3, -0.25) is 9.48 Å². The standard InChI is InChI=1S/C10H16N4O2/c1-16-9-7-13(10(15)5-11)6-8(9)14-4-2-3-12-14/h2-4,8-9H,5-7,11H2,1H3/t8-,9-/m0/s1. The van der Waals surface area contributed by atoms with Crippen LogP contribution in [0.1, 0.15) is 6.04 Å². The van der Waals surface area contributed by atoms with Gasteiger partial charge in [0.25, 0.3) is 0 Å². The molecular weight excluding hydrogens is 208 g/mol. The quantitative estimate of drug-likeness (QED) is 0.732. The topological polar surface area (TPSA) is 73.4 Å². The van der Waals surface area contributed by atoms with Gasteiger partial charge in [0.15, 0.2) is 0 Å². The Morgan fingerprint density at radius 2 is 2.44 bits per heavy atom. The maximum atomic E-state index is 11.5. The molecule has 6 nitrogen and oxygen atoms in total. The number of carbonyl (C=O) groups is 1.